The Morgan fingerprint density at radius 1 is 1.31 bits per heavy atom. The number of anilines is 1. The summed E-state index contributed by atoms with van der Waals surface area (Å²) >= 11 is 1.49. The molecule has 5 rings (SSSR count). The maximum Gasteiger partial charge on any atom is 0.226 e. The Morgan fingerprint density at radius 2 is 2.08 bits per heavy atom. The van der Waals surface area contributed by atoms with Gasteiger partial charge in [-0.05, 0) is 103 Å². The first-order chi connectivity index (χ1) is 17.0. The molecule has 36 heavy (non-hydrogen) atoms. The monoisotopic (exact) mass is 509 g/mol. The Bertz CT molecular complexity index is 1170. The molecule has 0 aliphatic heterocycles. The van der Waals surface area contributed by atoms with Crippen LogP contribution in [0.2, 0.25) is 0 Å². The van der Waals surface area contributed by atoms with E-state index in [9.17, 15) is 14.8 Å². The predicted molar refractivity (Wildman–Crippen MR) is 145 cm³/mol. The standard InChI is InChI=1S/C29H39N3O3S/c1-16-15-30-27(36-16)31-25(34)9-7-18-13-24(32-35)29(5)11-10-19-20(26(18)29)8-6-17-12-23(33)22(14-21(17)19)28(2,3)4/h12,14-15,18-20,24,26,33H,6-11,13H2,1-5H3,(H,30,31,34). The number of nitrogens with zero attached hydrogens (tertiary/aromatic N) is 2. The highest BCUT2D eigenvalue weighted by Crippen LogP contribution is 2.64. The highest BCUT2D eigenvalue weighted by Gasteiger charge is 2.59. The quantitative estimate of drug-likeness (QED) is 0.421. The zero-order chi connectivity index (χ0) is 25.8. The van der Waals surface area contributed by atoms with Gasteiger partial charge in [-0.1, -0.05) is 38.9 Å². The van der Waals surface area contributed by atoms with Crippen molar-refractivity contribution < 1.29 is 9.90 Å². The third-order valence-corrected chi connectivity index (χ3v) is 10.3. The van der Waals surface area contributed by atoms with E-state index in [2.05, 4.69) is 49.2 Å². The van der Waals surface area contributed by atoms with Gasteiger partial charge in [0, 0.05) is 17.5 Å². The third-order valence-electron chi connectivity index (χ3n) is 9.48. The lowest BCUT2D eigenvalue weighted by Gasteiger charge is -2.51. The summed E-state index contributed by atoms with van der Waals surface area (Å²) < 4.78 is 0. The first-order valence-corrected chi connectivity index (χ1v) is 14.2. The van der Waals surface area contributed by atoms with Crippen LogP contribution in [0.3, 0.4) is 0 Å². The number of hydrogen-bond donors (Lipinski definition) is 2. The number of carbonyl (C=O) groups is 1. The summed E-state index contributed by atoms with van der Waals surface area (Å²) in [5.41, 5.74) is 3.47. The molecule has 0 saturated heterocycles. The Balaban J connectivity index is 1.39. The Kier molecular flexibility index (Phi) is 6.51. The zero-order valence-electron chi connectivity index (χ0n) is 22.1. The summed E-state index contributed by atoms with van der Waals surface area (Å²) in [7, 11) is 0. The van der Waals surface area contributed by atoms with Crippen LogP contribution >= 0.6 is 11.3 Å². The molecule has 2 aromatic rings. The Morgan fingerprint density at radius 3 is 2.75 bits per heavy atom. The number of nitroso groups, excluding NO2 is 1. The van der Waals surface area contributed by atoms with Crippen LogP contribution in [-0.2, 0) is 16.6 Å². The topological polar surface area (TPSA) is 91.7 Å². The number of fused-ring (bicyclic) bond motifs is 5. The van der Waals surface area contributed by atoms with Gasteiger partial charge < -0.3 is 10.4 Å². The molecule has 2 N–H and O–H groups in total. The van der Waals surface area contributed by atoms with Crippen molar-refractivity contribution in [1.82, 2.24) is 4.98 Å². The second-order valence-electron chi connectivity index (χ2n) is 12.7. The molecule has 7 heteroatoms. The van der Waals surface area contributed by atoms with Crippen LogP contribution in [-0.4, -0.2) is 22.0 Å². The number of amides is 1. The lowest BCUT2D eigenvalue weighted by atomic mass is 9.53. The maximum atomic E-state index is 12.7. The van der Waals surface area contributed by atoms with Crippen LogP contribution in [0.1, 0.15) is 93.7 Å². The summed E-state index contributed by atoms with van der Waals surface area (Å²) in [6, 6.07) is 4.10. The van der Waals surface area contributed by atoms with E-state index in [1.165, 1.54) is 22.5 Å². The molecular weight excluding hydrogens is 470 g/mol. The SMILES string of the molecule is Cc1cnc(NC(=O)CCC2CC(N=O)C3(C)CCC4c5cc(C(C)(C)C)c(O)cc5CCC4C23)s1. The number of aromatic hydroxyl groups is 1. The molecule has 0 spiro atoms. The number of aryl methyl sites for hydroxylation is 2. The average molecular weight is 510 g/mol. The lowest BCUT2D eigenvalue weighted by Crippen LogP contribution is -2.45. The second kappa shape index (κ2) is 9.23. The maximum absolute atomic E-state index is 12.7. The van der Waals surface area contributed by atoms with Gasteiger partial charge in [0.2, 0.25) is 5.91 Å². The number of carbonyl (C=O) groups excluding carboxylic acids is 1. The minimum absolute atomic E-state index is 0.000193. The number of thiazole rings is 1. The summed E-state index contributed by atoms with van der Waals surface area (Å²) in [6.45, 7) is 10.7. The molecule has 3 aliphatic rings. The number of nitrogens with one attached hydrogen (secondary N) is 1. The molecule has 1 aromatic carbocycles. The number of phenols is 1. The minimum Gasteiger partial charge on any atom is -0.508 e. The molecule has 2 saturated carbocycles. The van der Waals surface area contributed by atoms with Gasteiger partial charge in [-0.3, -0.25) is 4.79 Å². The minimum atomic E-state index is -0.176. The van der Waals surface area contributed by atoms with Crippen LogP contribution in [0.5, 0.6) is 5.75 Å². The third kappa shape index (κ3) is 4.37. The van der Waals surface area contributed by atoms with Crippen molar-refractivity contribution in [1.29, 1.82) is 0 Å². The van der Waals surface area contributed by atoms with Crippen LogP contribution in [0.25, 0.3) is 0 Å². The first kappa shape index (κ1) is 25.4. The van der Waals surface area contributed by atoms with Crippen LogP contribution in [0.4, 0.5) is 5.13 Å². The largest absolute Gasteiger partial charge is 0.508 e. The fourth-order valence-corrected chi connectivity index (χ4v) is 8.52. The van der Waals surface area contributed by atoms with Gasteiger partial charge in [0.05, 0.1) is 6.04 Å². The Hall–Kier alpha value is -2.28. The van der Waals surface area contributed by atoms with E-state index < -0.39 is 0 Å². The summed E-state index contributed by atoms with van der Waals surface area (Å²) in [5, 5.41) is 18.0. The first-order valence-electron chi connectivity index (χ1n) is 13.4. The van der Waals surface area contributed by atoms with Gasteiger partial charge in [0.1, 0.15) is 5.75 Å². The van der Waals surface area contributed by atoms with Crippen molar-refractivity contribution in [2.75, 3.05) is 5.32 Å². The summed E-state index contributed by atoms with van der Waals surface area (Å²) in [6.07, 6.45) is 7.85. The normalized spacial score (nSPS) is 31.3. The number of hydrogen-bond acceptors (Lipinski definition) is 6. The van der Waals surface area contributed by atoms with E-state index >= 15 is 0 Å². The molecule has 2 fully saturated rings. The molecule has 3 aliphatic carbocycles. The van der Waals surface area contributed by atoms with Gasteiger partial charge in [0.25, 0.3) is 0 Å². The highest BCUT2D eigenvalue weighted by atomic mass is 32.1. The zero-order valence-corrected chi connectivity index (χ0v) is 23.0. The number of benzene rings is 1. The smallest absolute Gasteiger partial charge is 0.226 e. The van der Waals surface area contributed by atoms with E-state index in [4.69, 9.17) is 0 Å². The van der Waals surface area contributed by atoms with E-state index in [1.807, 2.05) is 13.0 Å². The molecule has 1 amide bonds. The van der Waals surface area contributed by atoms with E-state index in [-0.39, 0.29) is 22.8 Å². The number of aromatic nitrogens is 1. The van der Waals surface area contributed by atoms with Gasteiger partial charge >= 0.3 is 0 Å². The van der Waals surface area contributed by atoms with Crippen molar-refractivity contribution in [3.05, 3.63) is 44.8 Å². The van der Waals surface area contributed by atoms with Gasteiger partial charge in [0.15, 0.2) is 5.13 Å². The molecule has 0 radical (unpaired) electrons. The van der Waals surface area contributed by atoms with Crippen molar-refractivity contribution in [3.8, 4) is 5.75 Å². The van der Waals surface area contributed by atoms with Gasteiger partial charge in [-0.15, -0.1) is 11.3 Å². The fourth-order valence-electron chi connectivity index (χ4n) is 7.84. The average Bonchev–Trinajstić information content (AvgIpc) is 3.35. The summed E-state index contributed by atoms with van der Waals surface area (Å²) in [5.74, 6) is 2.03. The van der Waals surface area contributed by atoms with E-state index in [0.717, 1.165) is 49.0 Å². The van der Waals surface area contributed by atoms with Crippen LogP contribution in [0.15, 0.2) is 23.5 Å². The summed E-state index contributed by atoms with van der Waals surface area (Å²) in [4.78, 5) is 30.0. The lowest BCUT2D eigenvalue weighted by molar-refractivity contribution is -0.116. The molecule has 6 nitrogen and oxygen atoms in total. The molecule has 1 aromatic heterocycles. The predicted octanol–water partition coefficient (Wildman–Crippen LogP) is 7.09. The fraction of sp³-hybridized carbons (Fsp3) is 0.655. The molecule has 1 heterocycles. The number of phenolic OH excluding ortho intramolecular Hbond substituents is 1. The Labute approximate surface area is 218 Å². The second-order valence-corrected chi connectivity index (χ2v) is 13.9. The van der Waals surface area contributed by atoms with Crippen molar-refractivity contribution in [2.24, 2.45) is 28.3 Å². The van der Waals surface area contributed by atoms with Crippen molar-refractivity contribution in [3.63, 3.8) is 0 Å². The number of rotatable bonds is 5. The highest BCUT2D eigenvalue weighted by molar-refractivity contribution is 7.15. The molecule has 6 unspecified atom stereocenters. The van der Waals surface area contributed by atoms with Crippen LogP contribution < -0.4 is 5.32 Å². The molecule has 0 bridgehead atoms. The molecule has 6 atom stereocenters. The van der Waals surface area contributed by atoms with Gasteiger partial charge in [-0.2, -0.15) is 4.91 Å². The van der Waals surface area contributed by atoms with Crippen molar-refractivity contribution >= 4 is 22.4 Å². The van der Waals surface area contributed by atoms with Crippen LogP contribution in [0, 0.1) is 35.0 Å². The van der Waals surface area contributed by atoms with E-state index in [0.29, 0.717) is 41.0 Å². The van der Waals surface area contributed by atoms with Gasteiger partial charge in [-0.25, -0.2) is 4.98 Å². The molecular formula is C29H39N3O3S. The molecule has 194 valence electrons. The van der Waals surface area contributed by atoms with E-state index in [1.54, 1.807) is 6.20 Å². The van der Waals surface area contributed by atoms with Crippen molar-refractivity contribution in [2.45, 2.75) is 96.9 Å².